The molecule has 88 valence electrons. The van der Waals surface area contributed by atoms with Gasteiger partial charge in [0.05, 0.1) is 5.92 Å². The molecule has 5 heteroatoms. The van der Waals surface area contributed by atoms with Crippen molar-refractivity contribution >= 4 is 5.95 Å². The van der Waals surface area contributed by atoms with E-state index in [0.29, 0.717) is 23.7 Å². The third-order valence-corrected chi connectivity index (χ3v) is 4.10. The molecule has 2 saturated carbocycles. The fraction of sp³-hybridized carbons (Fsp3) is 0.818. The van der Waals surface area contributed by atoms with Gasteiger partial charge in [0, 0.05) is 20.1 Å². The Hall–Kier alpha value is -1.10. The molecule has 2 bridgehead atoms. The number of hydrogen-bond acceptors (Lipinski definition) is 5. The molecule has 4 atom stereocenters. The summed E-state index contributed by atoms with van der Waals surface area (Å²) in [6.07, 6.45) is 3.78. The van der Waals surface area contributed by atoms with E-state index in [4.69, 9.17) is 10.3 Å². The molecular formula is C11H18N4O. The number of anilines is 1. The summed E-state index contributed by atoms with van der Waals surface area (Å²) in [6, 6.07) is 0.217. The van der Waals surface area contributed by atoms with Gasteiger partial charge in [-0.15, -0.1) is 0 Å². The zero-order valence-corrected chi connectivity index (χ0v) is 9.76. The molecule has 1 aromatic rings. The van der Waals surface area contributed by atoms with Gasteiger partial charge in [-0.05, 0) is 36.3 Å². The van der Waals surface area contributed by atoms with Crippen LogP contribution in [-0.4, -0.2) is 30.3 Å². The first-order valence-corrected chi connectivity index (χ1v) is 5.93. The van der Waals surface area contributed by atoms with E-state index in [9.17, 15) is 0 Å². The summed E-state index contributed by atoms with van der Waals surface area (Å²) in [7, 11) is 3.82. The highest BCUT2D eigenvalue weighted by Crippen LogP contribution is 2.51. The molecule has 2 fully saturated rings. The fourth-order valence-electron chi connectivity index (χ4n) is 3.25. The summed E-state index contributed by atoms with van der Waals surface area (Å²) in [5.41, 5.74) is 6.24. The van der Waals surface area contributed by atoms with E-state index in [2.05, 4.69) is 10.1 Å². The van der Waals surface area contributed by atoms with Crippen molar-refractivity contribution in [2.75, 3.05) is 19.0 Å². The first-order chi connectivity index (χ1) is 7.66. The minimum Gasteiger partial charge on any atom is -0.344 e. The SMILES string of the molecule is CN(C)c1noc(C2C3CCC(C3)C2N)n1. The Morgan fingerprint density at radius 3 is 2.62 bits per heavy atom. The van der Waals surface area contributed by atoms with Crippen LogP contribution >= 0.6 is 0 Å². The Morgan fingerprint density at radius 2 is 2.06 bits per heavy atom. The number of nitrogens with zero attached hydrogens (tertiary/aromatic N) is 3. The van der Waals surface area contributed by atoms with Crippen LogP contribution < -0.4 is 10.6 Å². The van der Waals surface area contributed by atoms with E-state index in [-0.39, 0.29) is 6.04 Å². The van der Waals surface area contributed by atoms with Gasteiger partial charge in [0.25, 0.3) is 5.95 Å². The molecule has 5 nitrogen and oxygen atoms in total. The summed E-state index contributed by atoms with van der Waals surface area (Å²) in [5.74, 6) is 3.01. The Kier molecular flexibility index (Phi) is 2.17. The highest BCUT2D eigenvalue weighted by Gasteiger charge is 2.48. The summed E-state index contributed by atoms with van der Waals surface area (Å²) >= 11 is 0. The smallest absolute Gasteiger partial charge is 0.265 e. The van der Waals surface area contributed by atoms with Crippen LogP contribution in [0, 0.1) is 11.8 Å². The summed E-state index contributed by atoms with van der Waals surface area (Å²) in [4.78, 5) is 6.28. The molecule has 0 amide bonds. The van der Waals surface area contributed by atoms with Crippen LogP contribution in [0.2, 0.25) is 0 Å². The highest BCUT2D eigenvalue weighted by molar-refractivity contribution is 5.25. The lowest BCUT2D eigenvalue weighted by Crippen LogP contribution is -2.34. The van der Waals surface area contributed by atoms with Gasteiger partial charge in [-0.1, -0.05) is 0 Å². The second-order valence-corrected chi connectivity index (χ2v) is 5.26. The topological polar surface area (TPSA) is 68.2 Å². The third kappa shape index (κ3) is 1.34. The van der Waals surface area contributed by atoms with Gasteiger partial charge in [0.1, 0.15) is 0 Å². The first-order valence-electron chi connectivity index (χ1n) is 5.93. The number of nitrogens with two attached hydrogens (primary N) is 1. The van der Waals surface area contributed by atoms with Gasteiger partial charge < -0.3 is 15.2 Å². The average Bonchev–Trinajstić information content (AvgIpc) is 2.89. The maximum Gasteiger partial charge on any atom is 0.265 e. The van der Waals surface area contributed by atoms with Gasteiger partial charge >= 0.3 is 0 Å². The van der Waals surface area contributed by atoms with E-state index in [1.54, 1.807) is 0 Å². The molecule has 0 radical (unpaired) electrons. The summed E-state index contributed by atoms with van der Waals surface area (Å²) in [6.45, 7) is 0. The van der Waals surface area contributed by atoms with Crippen LogP contribution in [0.15, 0.2) is 4.52 Å². The maximum absolute atomic E-state index is 6.24. The molecule has 0 aliphatic heterocycles. The molecule has 1 aromatic heterocycles. The molecule has 0 spiro atoms. The van der Waals surface area contributed by atoms with Crippen molar-refractivity contribution in [2.24, 2.45) is 17.6 Å². The second-order valence-electron chi connectivity index (χ2n) is 5.26. The summed E-state index contributed by atoms with van der Waals surface area (Å²) < 4.78 is 5.35. The predicted molar refractivity (Wildman–Crippen MR) is 60.2 cm³/mol. The molecule has 0 aromatic carbocycles. The largest absolute Gasteiger partial charge is 0.344 e. The number of rotatable bonds is 2. The zero-order valence-electron chi connectivity index (χ0n) is 9.76. The maximum atomic E-state index is 6.24. The van der Waals surface area contributed by atoms with Crippen molar-refractivity contribution in [3.63, 3.8) is 0 Å². The molecule has 4 unspecified atom stereocenters. The van der Waals surface area contributed by atoms with E-state index >= 15 is 0 Å². The molecule has 2 aliphatic rings. The number of hydrogen-bond donors (Lipinski definition) is 1. The molecule has 2 N–H and O–H groups in total. The van der Waals surface area contributed by atoms with E-state index < -0.39 is 0 Å². The van der Waals surface area contributed by atoms with Crippen molar-refractivity contribution in [3.8, 4) is 0 Å². The highest BCUT2D eigenvalue weighted by atomic mass is 16.5. The van der Waals surface area contributed by atoms with Crippen LogP contribution in [-0.2, 0) is 0 Å². The Balaban J connectivity index is 1.86. The zero-order chi connectivity index (χ0) is 11.3. The van der Waals surface area contributed by atoms with Crippen LogP contribution in [0.5, 0.6) is 0 Å². The molecule has 16 heavy (non-hydrogen) atoms. The van der Waals surface area contributed by atoms with Gasteiger partial charge in [-0.2, -0.15) is 4.98 Å². The van der Waals surface area contributed by atoms with Gasteiger partial charge in [-0.3, -0.25) is 0 Å². The Labute approximate surface area is 95.0 Å². The van der Waals surface area contributed by atoms with Gasteiger partial charge in [0.15, 0.2) is 0 Å². The standard InChI is InChI=1S/C11H18N4O/c1-15(2)11-13-10(16-14-11)8-6-3-4-7(5-6)9(8)12/h6-9H,3-5,12H2,1-2H3. The third-order valence-electron chi connectivity index (χ3n) is 4.10. The number of fused-ring (bicyclic) bond motifs is 2. The fourth-order valence-corrected chi connectivity index (χ4v) is 3.25. The normalized spacial score (nSPS) is 36.9. The second kappa shape index (κ2) is 3.45. The van der Waals surface area contributed by atoms with Crippen molar-refractivity contribution < 1.29 is 4.52 Å². The first kappa shape index (κ1) is 10.1. The van der Waals surface area contributed by atoms with Crippen LogP contribution in [0.4, 0.5) is 5.95 Å². The lowest BCUT2D eigenvalue weighted by molar-refractivity contribution is 0.279. The minimum atomic E-state index is 0.217. The average molecular weight is 222 g/mol. The van der Waals surface area contributed by atoms with Crippen molar-refractivity contribution in [1.82, 2.24) is 10.1 Å². The molecule has 1 heterocycles. The number of aromatic nitrogens is 2. The molecular weight excluding hydrogens is 204 g/mol. The monoisotopic (exact) mass is 222 g/mol. The van der Waals surface area contributed by atoms with Crippen molar-refractivity contribution in [2.45, 2.75) is 31.2 Å². The quantitative estimate of drug-likeness (QED) is 0.807. The molecule has 3 rings (SSSR count). The van der Waals surface area contributed by atoms with Crippen LogP contribution in [0.1, 0.15) is 31.1 Å². The Morgan fingerprint density at radius 1 is 1.31 bits per heavy atom. The Bertz CT molecular complexity index is 387. The van der Waals surface area contributed by atoms with Crippen molar-refractivity contribution in [3.05, 3.63) is 5.89 Å². The summed E-state index contributed by atoms with van der Waals surface area (Å²) in [5, 5.41) is 3.96. The van der Waals surface area contributed by atoms with Crippen LogP contribution in [0.3, 0.4) is 0 Å². The van der Waals surface area contributed by atoms with E-state index in [1.807, 2.05) is 19.0 Å². The lowest BCUT2D eigenvalue weighted by Gasteiger charge is -2.24. The van der Waals surface area contributed by atoms with Gasteiger partial charge in [0.2, 0.25) is 5.89 Å². The van der Waals surface area contributed by atoms with E-state index in [0.717, 1.165) is 5.89 Å². The minimum absolute atomic E-state index is 0.217. The molecule has 0 saturated heterocycles. The van der Waals surface area contributed by atoms with Crippen LogP contribution in [0.25, 0.3) is 0 Å². The van der Waals surface area contributed by atoms with Crippen molar-refractivity contribution in [1.29, 1.82) is 0 Å². The van der Waals surface area contributed by atoms with E-state index in [1.165, 1.54) is 19.3 Å². The molecule has 2 aliphatic carbocycles. The lowest BCUT2D eigenvalue weighted by atomic mass is 9.85. The predicted octanol–water partition coefficient (Wildman–Crippen LogP) is 0.976. The van der Waals surface area contributed by atoms with Gasteiger partial charge in [-0.25, -0.2) is 0 Å².